The Hall–Kier alpha value is -3.54. The van der Waals surface area contributed by atoms with Crippen LogP contribution in [0.25, 0.3) is 11.0 Å². The van der Waals surface area contributed by atoms with Crippen LogP contribution in [0.1, 0.15) is 30.1 Å². The first-order valence-electron chi connectivity index (χ1n) is 8.95. The summed E-state index contributed by atoms with van der Waals surface area (Å²) >= 11 is 0. The van der Waals surface area contributed by atoms with Crippen LogP contribution in [-0.4, -0.2) is 17.7 Å². The summed E-state index contributed by atoms with van der Waals surface area (Å²) in [5, 5.41) is 10.3. The van der Waals surface area contributed by atoms with E-state index in [9.17, 15) is 14.7 Å². The molecule has 0 aliphatic heterocycles. The number of ether oxygens (including phenoxy) is 2. The highest BCUT2D eigenvalue weighted by atomic mass is 16.6. The quantitative estimate of drug-likeness (QED) is 0.282. The maximum absolute atomic E-state index is 12.5. The van der Waals surface area contributed by atoms with Crippen LogP contribution in [0.5, 0.6) is 17.2 Å². The van der Waals surface area contributed by atoms with Gasteiger partial charge in [-0.25, -0.2) is 9.59 Å². The van der Waals surface area contributed by atoms with Crippen LogP contribution < -0.4 is 15.1 Å². The maximum atomic E-state index is 12.5. The van der Waals surface area contributed by atoms with Gasteiger partial charge < -0.3 is 19.0 Å². The van der Waals surface area contributed by atoms with E-state index in [4.69, 9.17) is 13.9 Å². The molecule has 0 saturated heterocycles. The van der Waals surface area contributed by atoms with Crippen LogP contribution in [-0.2, 0) is 0 Å². The van der Waals surface area contributed by atoms with E-state index in [1.807, 2.05) is 19.1 Å². The molecule has 28 heavy (non-hydrogen) atoms. The molecule has 6 nitrogen and oxygen atoms in total. The van der Waals surface area contributed by atoms with Crippen molar-refractivity contribution in [3.05, 3.63) is 76.7 Å². The van der Waals surface area contributed by atoms with Gasteiger partial charge in [-0.2, -0.15) is 0 Å². The monoisotopic (exact) mass is 380 g/mol. The number of carbonyl (C=O) groups is 1. The minimum Gasteiger partial charge on any atom is -0.504 e. The molecular formula is C22H20O6. The van der Waals surface area contributed by atoms with Crippen molar-refractivity contribution in [3.63, 3.8) is 0 Å². The lowest BCUT2D eigenvalue weighted by molar-refractivity contribution is 0.0722. The number of aromatic hydroxyl groups is 1. The Morgan fingerprint density at radius 3 is 2.61 bits per heavy atom. The van der Waals surface area contributed by atoms with Gasteiger partial charge in [0.05, 0.1) is 17.6 Å². The first-order chi connectivity index (χ1) is 13.6. The van der Waals surface area contributed by atoms with E-state index in [1.165, 1.54) is 6.07 Å². The molecule has 2 aromatic carbocycles. The molecule has 0 aliphatic carbocycles. The van der Waals surface area contributed by atoms with Crippen molar-refractivity contribution in [1.29, 1.82) is 0 Å². The van der Waals surface area contributed by atoms with E-state index in [0.29, 0.717) is 11.8 Å². The molecule has 0 aliphatic rings. The number of fused-ring (bicyclic) bond motifs is 1. The molecule has 0 radical (unpaired) electrons. The van der Waals surface area contributed by atoms with E-state index in [1.54, 1.807) is 42.5 Å². The molecule has 1 aromatic heterocycles. The molecule has 0 unspecified atom stereocenters. The smallest absolute Gasteiger partial charge is 0.383 e. The first-order valence-corrected chi connectivity index (χ1v) is 8.95. The molecule has 1 N–H and O–H groups in total. The van der Waals surface area contributed by atoms with Crippen molar-refractivity contribution in [1.82, 2.24) is 0 Å². The number of phenols is 1. The highest BCUT2D eigenvalue weighted by molar-refractivity contribution is 5.94. The summed E-state index contributed by atoms with van der Waals surface area (Å²) in [6, 6.07) is 12.9. The zero-order valence-corrected chi connectivity index (χ0v) is 15.4. The number of hydrogen-bond acceptors (Lipinski definition) is 6. The minimum atomic E-state index is -0.905. The molecular weight excluding hydrogens is 360 g/mol. The number of para-hydroxylation sites is 1. The van der Waals surface area contributed by atoms with Gasteiger partial charge in [0.1, 0.15) is 0 Å². The molecule has 3 rings (SSSR count). The SMILES string of the molecule is CCC=CCCOc1c(OC(=O)c2ccccc2)c(=O)oc2c(O)cccc12. The van der Waals surface area contributed by atoms with E-state index < -0.39 is 11.6 Å². The van der Waals surface area contributed by atoms with E-state index in [-0.39, 0.29) is 35.0 Å². The van der Waals surface area contributed by atoms with Crippen LogP contribution in [0.4, 0.5) is 0 Å². The lowest BCUT2D eigenvalue weighted by Gasteiger charge is -2.13. The van der Waals surface area contributed by atoms with Crippen LogP contribution in [0.2, 0.25) is 0 Å². The normalized spacial score (nSPS) is 11.0. The van der Waals surface area contributed by atoms with Crippen molar-refractivity contribution in [2.24, 2.45) is 0 Å². The van der Waals surface area contributed by atoms with Gasteiger partial charge in [-0.05, 0) is 37.1 Å². The number of allylic oxidation sites excluding steroid dienone is 1. The standard InChI is InChI=1S/C22H20O6/c1-2-3-4-8-14-26-19-16-12-9-13-17(23)18(16)27-22(25)20(19)28-21(24)15-10-6-5-7-11-15/h3-7,9-13,23H,2,8,14H2,1H3. The molecule has 0 amide bonds. The van der Waals surface area contributed by atoms with E-state index in [0.717, 1.165) is 6.42 Å². The Morgan fingerprint density at radius 1 is 1.07 bits per heavy atom. The van der Waals surface area contributed by atoms with Gasteiger partial charge in [0.15, 0.2) is 17.1 Å². The zero-order valence-electron chi connectivity index (χ0n) is 15.4. The van der Waals surface area contributed by atoms with Crippen molar-refractivity contribution in [2.45, 2.75) is 19.8 Å². The second kappa shape index (κ2) is 8.90. The predicted molar refractivity (Wildman–Crippen MR) is 105 cm³/mol. The molecule has 6 heteroatoms. The summed E-state index contributed by atoms with van der Waals surface area (Å²) in [6.07, 6.45) is 5.48. The lowest BCUT2D eigenvalue weighted by atomic mass is 10.2. The number of hydrogen-bond donors (Lipinski definition) is 1. The fourth-order valence-electron chi connectivity index (χ4n) is 2.64. The summed E-state index contributed by atoms with van der Waals surface area (Å²) < 4.78 is 16.3. The fraction of sp³-hybridized carbons (Fsp3) is 0.182. The van der Waals surface area contributed by atoms with Crippen LogP contribution >= 0.6 is 0 Å². The summed E-state index contributed by atoms with van der Waals surface area (Å²) in [5.74, 6) is -1.18. The van der Waals surface area contributed by atoms with Gasteiger partial charge in [0.25, 0.3) is 5.75 Å². The number of carbonyl (C=O) groups excluding carboxylic acids is 1. The average Bonchev–Trinajstić information content (AvgIpc) is 2.71. The maximum Gasteiger partial charge on any atom is 0.383 e. The zero-order chi connectivity index (χ0) is 19.9. The van der Waals surface area contributed by atoms with Crippen molar-refractivity contribution in [2.75, 3.05) is 6.61 Å². The third-order valence-electron chi connectivity index (χ3n) is 3.96. The highest BCUT2D eigenvalue weighted by Crippen LogP contribution is 2.36. The minimum absolute atomic E-state index is 0.0221. The molecule has 0 atom stereocenters. The van der Waals surface area contributed by atoms with Gasteiger partial charge in [-0.1, -0.05) is 43.3 Å². The first kappa shape index (κ1) is 19.2. The summed E-state index contributed by atoms with van der Waals surface area (Å²) in [7, 11) is 0. The molecule has 3 aromatic rings. The van der Waals surface area contributed by atoms with Crippen molar-refractivity contribution >= 4 is 16.9 Å². The molecule has 0 fully saturated rings. The Morgan fingerprint density at radius 2 is 1.86 bits per heavy atom. The van der Waals surface area contributed by atoms with Gasteiger partial charge in [0, 0.05) is 0 Å². The lowest BCUT2D eigenvalue weighted by Crippen LogP contribution is -2.16. The summed E-state index contributed by atoms with van der Waals surface area (Å²) in [6.45, 7) is 2.29. The molecule has 144 valence electrons. The third kappa shape index (κ3) is 4.23. The van der Waals surface area contributed by atoms with Gasteiger partial charge in [-0.15, -0.1) is 0 Å². The fourth-order valence-corrected chi connectivity index (χ4v) is 2.64. The molecule has 0 bridgehead atoms. The second-order valence-corrected chi connectivity index (χ2v) is 5.97. The number of benzene rings is 2. The Balaban J connectivity index is 2.01. The van der Waals surface area contributed by atoms with Gasteiger partial charge in [0.2, 0.25) is 0 Å². The average molecular weight is 380 g/mol. The van der Waals surface area contributed by atoms with Crippen LogP contribution in [0.3, 0.4) is 0 Å². The van der Waals surface area contributed by atoms with Crippen LogP contribution in [0.15, 0.2) is 69.9 Å². The number of esters is 1. The number of phenolic OH excluding ortho intramolecular Hbond substituents is 1. The largest absolute Gasteiger partial charge is 0.504 e. The summed E-state index contributed by atoms with van der Waals surface area (Å²) in [4.78, 5) is 24.9. The molecule has 0 spiro atoms. The van der Waals surface area contributed by atoms with Crippen LogP contribution in [0, 0.1) is 0 Å². The highest BCUT2D eigenvalue weighted by Gasteiger charge is 2.22. The van der Waals surface area contributed by atoms with E-state index in [2.05, 4.69) is 0 Å². The Labute approximate surface area is 161 Å². The second-order valence-electron chi connectivity index (χ2n) is 5.97. The Kier molecular flexibility index (Phi) is 6.11. The number of rotatable bonds is 7. The molecule has 0 saturated carbocycles. The topological polar surface area (TPSA) is 86.0 Å². The summed E-state index contributed by atoms with van der Waals surface area (Å²) in [5.41, 5.74) is -0.641. The predicted octanol–water partition coefficient (Wildman–Crippen LogP) is 4.45. The van der Waals surface area contributed by atoms with Gasteiger partial charge in [-0.3, -0.25) is 0 Å². The third-order valence-corrected chi connectivity index (χ3v) is 3.96. The van der Waals surface area contributed by atoms with Gasteiger partial charge >= 0.3 is 11.6 Å². The molecule has 1 heterocycles. The Bertz CT molecular complexity index is 1050. The van der Waals surface area contributed by atoms with Crippen molar-refractivity contribution in [3.8, 4) is 17.2 Å². The van der Waals surface area contributed by atoms with E-state index >= 15 is 0 Å². The van der Waals surface area contributed by atoms with Crippen molar-refractivity contribution < 1.29 is 23.8 Å².